The van der Waals surface area contributed by atoms with Crippen LogP contribution in [-0.2, 0) is 19.2 Å². The van der Waals surface area contributed by atoms with Gasteiger partial charge in [0.25, 0.3) is 5.91 Å². The molecule has 114 valence electrons. The monoisotopic (exact) mass is 300 g/mol. The lowest BCUT2D eigenvalue weighted by Crippen LogP contribution is -2.45. The summed E-state index contributed by atoms with van der Waals surface area (Å²) in [5, 5.41) is 0. The lowest BCUT2D eigenvalue weighted by molar-refractivity contribution is -0.144. The van der Waals surface area contributed by atoms with Gasteiger partial charge in [0, 0.05) is 12.8 Å². The number of anilines is 1. The predicted octanol–water partition coefficient (Wildman–Crippen LogP) is 1.08. The summed E-state index contributed by atoms with van der Waals surface area (Å²) in [5.41, 5.74) is 2.35. The third-order valence-electron chi connectivity index (χ3n) is 4.12. The fourth-order valence-electron chi connectivity index (χ4n) is 3.07. The number of carbonyl (C=O) groups is 4. The Morgan fingerprint density at radius 3 is 2.18 bits per heavy atom. The molecule has 1 unspecified atom stereocenters. The van der Waals surface area contributed by atoms with Gasteiger partial charge in [0.15, 0.2) is 0 Å². The first kappa shape index (κ1) is 14.4. The zero-order chi connectivity index (χ0) is 16.0. The van der Waals surface area contributed by atoms with Crippen LogP contribution in [0, 0.1) is 13.8 Å². The van der Waals surface area contributed by atoms with E-state index in [4.69, 9.17) is 0 Å². The van der Waals surface area contributed by atoms with Gasteiger partial charge in [-0.15, -0.1) is 0 Å². The number of aryl methyl sites for hydroxylation is 2. The van der Waals surface area contributed by atoms with E-state index in [0.717, 1.165) is 20.9 Å². The first-order valence-corrected chi connectivity index (χ1v) is 7.19. The SMILES string of the molecule is Cc1ccc(N2C(=O)CC(N3C(=O)CCC3=O)C2=O)c(C)c1. The van der Waals surface area contributed by atoms with Crippen molar-refractivity contribution >= 4 is 29.3 Å². The predicted molar refractivity (Wildman–Crippen MR) is 77.9 cm³/mol. The highest BCUT2D eigenvalue weighted by molar-refractivity contribution is 6.24. The lowest BCUT2D eigenvalue weighted by Gasteiger charge is -2.21. The van der Waals surface area contributed by atoms with Gasteiger partial charge in [0.2, 0.25) is 17.7 Å². The van der Waals surface area contributed by atoms with Crippen LogP contribution >= 0.6 is 0 Å². The van der Waals surface area contributed by atoms with E-state index in [1.54, 1.807) is 6.07 Å². The molecule has 2 aliphatic heterocycles. The Labute approximate surface area is 127 Å². The highest BCUT2D eigenvalue weighted by Gasteiger charge is 2.48. The summed E-state index contributed by atoms with van der Waals surface area (Å²) < 4.78 is 0. The molecule has 1 atom stereocenters. The summed E-state index contributed by atoms with van der Waals surface area (Å²) in [7, 11) is 0. The molecule has 0 spiro atoms. The van der Waals surface area contributed by atoms with E-state index < -0.39 is 11.9 Å². The maximum atomic E-state index is 12.6. The number of hydrogen-bond donors (Lipinski definition) is 0. The molecule has 1 aromatic carbocycles. The summed E-state index contributed by atoms with van der Waals surface area (Å²) >= 11 is 0. The van der Waals surface area contributed by atoms with Crippen LogP contribution in [0.1, 0.15) is 30.4 Å². The zero-order valence-electron chi connectivity index (χ0n) is 12.5. The minimum absolute atomic E-state index is 0.111. The van der Waals surface area contributed by atoms with Crippen molar-refractivity contribution in [2.75, 3.05) is 4.90 Å². The Hall–Kier alpha value is -2.50. The van der Waals surface area contributed by atoms with Crippen LogP contribution in [0.3, 0.4) is 0 Å². The molecule has 2 heterocycles. The average molecular weight is 300 g/mol. The van der Waals surface area contributed by atoms with Gasteiger partial charge in [-0.25, -0.2) is 4.90 Å². The van der Waals surface area contributed by atoms with Crippen LogP contribution in [0.25, 0.3) is 0 Å². The lowest BCUT2D eigenvalue weighted by atomic mass is 10.1. The quantitative estimate of drug-likeness (QED) is 0.766. The van der Waals surface area contributed by atoms with Crippen molar-refractivity contribution in [3.8, 4) is 0 Å². The van der Waals surface area contributed by atoms with Gasteiger partial charge in [-0.05, 0) is 25.5 Å². The molecule has 4 amide bonds. The molecule has 0 bridgehead atoms. The molecule has 0 N–H and O–H groups in total. The normalized spacial score (nSPS) is 22.2. The fourth-order valence-corrected chi connectivity index (χ4v) is 3.07. The van der Waals surface area contributed by atoms with E-state index in [-0.39, 0.29) is 37.0 Å². The molecular formula is C16H16N2O4. The van der Waals surface area contributed by atoms with Crippen LogP contribution < -0.4 is 4.90 Å². The highest BCUT2D eigenvalue weighted by Crippen LogP contribution is 2.30. The molecule has 2 aliphatic rings. The Kier molecular flexibility index (Phi) is 3.31. The largest absolute Gasteiger partial charge is 0.274 e. The van der Waals surface area contributed by atoms with E-state index >= 15 is 0 Å². The second kappa shape index (κ2) is 5.05. The molecule has 0 radical (unpaired) electrons. The van der Waals surface area contributed by atoms with Gasteiger partial charge in [0.05, 0.1) is 12.1 Å². The number of rotatable bonds is 2. The van der Waals surface area contributed by atoms with Crippen LogP contribution in [0.4, 0.5) is 5.69 Å². The number of amides is 4. The van der Waals surface area contributed by atoms with E-state index in [9.17, 15) is 19.2 Å². The molecule has 0 aliphatic carbocycles. The molecule has 6 heteroatoms. The second-order valence-corrected chi connectivity index (χ2v) is 5.73. The molecule has 6 nitrogen and oxygen atoms in total. The van der Waals surface area contributed by atoms with Crippen molar-refractivity contribution < 1.29 is 19.2 Å². The minimum Gasteiger partial charge on any atom is -0.274 e. The van der Waals surface area contributed by atoms with Crippen molar-refractivity contribution in [1.82, 2.24) is 4.90 Å². The number of carbonyl (C=O) groups excluding carboxylic acids is 4. The van der Waals surface area contributed by atoms with Gasteiger partial charge < -0.3 is 0 Å². The van der Waals surface area contributed by atoms with Crippen LogP contribution in [0.2, 0.25) is 0 Å². The summed E-state index contributed by atoms with van der Waals surface area (Å²) in [5.74, 6) is -1.63. The number of likely N-dealkylation sites (tertiary alicyclic amines) is 1. The summed E-state index contributed by atoms with van der Waals surface area (Å²) in [4.78, 5) is 50.5. The van der Waals surface area contributed by atoms with Gasteiger partial charge >= 0.3 is 0 Å². The molecule has 22 heavy (non-hydrogen) atoms. The number of imide groups is 2. The Morgan fingerprint density at radius 1 is 0.955 bits per heavy atom. The maximum Gasteiger partial charge on any atom is 0.257 e. The third kappa shape index (κ3) is 2.11. The Bertz CT molecular complexity index is 694. The van der Waals surface area contributed by atoms with Crippen LogP contribution in [0.15, 0.2) is 18.2 Å². The standard InChI is InChI=1S/C16H16N2O4/c1-9-3-4-11(10(2)7-9)18-15(21)8-12(16(18)22)17-13(19)5-6-14(17)20/h3-4,7,12H,5-6,8H2,1-2H3. The molecular weight excluding hydrogens is 284 g/mol. The summed E-state index contributed by atoms with van der Waals surface area (Å²) in [6.07, 6.45) is 0.0877. The zero-order valence-corrected chi connectivity index (χ0v) is 12.5. The number of benzene rings is 1. The van der Waals surface area contributed by atoms with E-state index in [1.807, 2.05) is 26.0 Å². The Balaban J connectivity index is 1.95. The van der Waals surface area contributed by atoms with Crippen molar-refractivity contribution in [2.24, 2.45) is 0 Å². The van der Waals surface area contributed by atoms with Crippen LogP contribution in [0.5, 0.6) is 0 Å². The van der Waals surface area contributed by atoms with Crippen molar-refractivity contribution in [3.05, 3.63) is 29.3 Å². The van der Waals surface area contributed by atoms with Crippen molar-refractivity contribution in [1.29, 1.82) is 0 Å². The van der Waals surface area contributed by atoms with Gasteiger partial charge in [0.1, 0.15) is 6.04 Å². The molecule has 3 rings (SSSR count). The van der Waals surface area contributed by atoms with E-state index in [0.29, 0.717) is 5.69 Å². The van der Waals surface area contributed by atoms with Crippen molar-refractivity contribution in [3.63, 3.8) is 0 Å². The Morgan fingerprint density at radius 2 is 1.59 bits per heavy atom. The van der Waals surface area contributed by atoms with E-state index in [1.165, 1.54) is 0 Å². The summed E-state index contributed by atoms with van der Waals surface area (Å²) in [6.45, 7) is 3.75. The molecule has 0 saturated carbocycles. The van der Waals surface area contributed by atoms with Gasteiger partial charge in [-0.3, -0.25) is 24.1 Å². The average Bonchev–Trinajstić information content (AvgIpc) is 2.91. The third-order valence-corrected chi connectivity index (χ3v) is 4.12. The maximum absolute atomic E-state index is 12.6. The minimum atomic E-state index is -0.990. The van der Waals surface area contributed by atoms with Gasteiger partial charge in [-0.2, -0.15) is 0 Å². The molecule has 1 aromatic rings. The van der Waals surface area contributed by atoms with Crippen molar-refractivity contribution in [2.45, 2.75) is 39.2 Å². The number of hydrogen-bond acceptors (Lipinski definition) is 4. The number of nitrogens with zero attached hydrogens (tertiary/aromatic N) is 2. The highest BCUT2D eigenvalue weighted by atomic mass is 16.2. The molecule has 2 saturated heterocycles. The molecule has 2 fully saturated rings. The topological polar surface area (TPSA) is 74.8 Å². The molecule has 0 aromatic heterocycles. The first-order chi connectivity index (χ1) is 10.4. The van der Waals surface area contributed by atoms with Gasteiger partial charge in [-0.1, -0.05) is 17.7 Å². The van der Waals surface area contributed by atoms with E-state index in [2.05, 4.69) is 0 Å². The smallest absolute Gasteiger partial charge is 0.257 e. The van der Waals surface area contributed by atoms with Crippen LogP contribution in [-0.4, -0.2) is 34.6 Å². The fraction of sp³-hybridized carbons (Fsp3) is 0.375. The second-order valence-electron chi connectivity index (χ2n) is 5.73. The first-order valence-electron chi connectivity index (χ1n) is 7.19. The summed E-state index contributed by atoms with van der Waals surface area (Å²) in [6, 6.07) is 4.43.